The molecule has 4 rings (SSSR count). The lowest BCUT2D eigenvalue weighted by atomic mass is 10.2. The van der Waals surface area contributed by atoms with Gasteiger partial charge in [-0.25, -0.2) is 9.97 Å². The van der Waals surface area contributed by atoms with Gasteiger partial charge in [-0.05, 0) is 36.6 Å². The van der Waals surface area contributed by atoms with E-state index in [0.717, 1.165) is 34.1 Å². The highest BCUT2D eigenvalue weighted by molar-refractivity contribution is 7.98. The molecule has 2 aromatic heterocycles. The van der Waals surface area contributed by atoms with Crippen molar-refractivity contribution in [3.05, 3.63) is 67.1 Å². The van der Waals surface area contributed by atoms with Crippen molar-refractivity contribution in [3.63, 3.8) is 0 Å². The highest BCUT2D eigenvalue weighted by Gasteiger charge is 2.11. The van der Waals surface area contributed by atoms with Gasteiger partial charge in [0.2, 0.25) is 0 Å². The van der Waals surface area contributed by atoms with E-state index in [9.17, 15) is 0 Å². The van der Waals surface area contributed by atoms with E-state index in [1.165, 1.54) is 4.90 Å². The smallest absolute Gasteiger partial charge is 0.180 e. The zero-order chi connectivity index (χ0) is 18.8. The summed E-state index contributed by atoms with van der Waals surface area (Å²) in [7, 11) is 4.06. The zero-order valence-electron chi connectivity index (χ0n) is 15.5. The molecule has 136 valence electrons. The normalized spacial score (nSPS) is 10.9. The molecular formula is C21H21N5S. The molecule has 0 amide bonds. The van der Waals surface area contributed by atoms with Gasteiger partial charge in [-0.15, -0.1) is 11.8 Å². The van der Waals surface area contributed by atoms with Crippen LogP contribution in [0.25, 0.3) is 16.9 Å². The van der Waals surface area contributed by atoms with Crippen LogP contribution in [0.3, 0.4) is 0 Å². The van der Waals surface area contributed by atoms with Gasteiger partial charge < -0.3 is 10.2 Å². The van der Waals surface area contributed by atoms with Crippen LogP contribution in [0.1, 0.15) is 0 Å². The lowest BCUT2D eigenvalue weighted by Gasteiger charge is -2.14. The average Bonchev–Trinajstić information content (AvgIpc) is 3.13. The summed E-state index contributed by atoms with van der Waals surface area (Å²) in [5, 5.41) is 3.40. The molecule has 4 aromatic rings. The summed E-state index contributed by atoms with van der Waals surface area (Å²) in [5.41, 5.74) is 5.09. The fourth-order valence-electron chi connectivity index (χ4n) is 2.98. The molecular weight excluding hydrogens is 354 g/mol. The van der Waals surface area contributed by atoms with Crippen molar-refractivity contribution in [1.82, 2.24) is 14.4 Å². The maximum absolute atomic E-state index is 4.61. The topological polar surface area (TPSA) is 45.5 Å². The molecule has 0 atom stereocenters. The van der Waals surface area contributed by atoms with E-state index in [1.54, 1.807) is 18.0 Å². The average molecular weight is 376 g/mol. The minimum absolute atomic E-state index is 0.736. The number of imidazole rings is 1. The SMILES string of the molecule is CSc1ccc(-c2cnc3c(Nc4cccc(N(C)C)c4)nccn23)cc1. The van der Waals surface area contributed by atoms with E-state index < -0.39 is 0 Å². The summed E-state index contributed by atoms with van der Waals surface area (Å²) in [5.74, 6) is 0.736. The number of benzene rings is 2. The summed E-state index contributed by atoms with van der Waals surface area (Å²) in [6, 6.07) is 16.7. The van der Waals surface area contributed by atoms with Gasteiger partial charge in [0.25, 0.3) is 0 Å². The number of aromatic nitrogens is 3. The number of hydrogen-bond acceptors (Lipinski definition) is 5. The number of rotatable bonds is 5. The lowest BCUT2D eigenvalue weighted by molar-refractivity contribution is 1.12. The molecule has 0 saturated carbocycles. The Kier molecular flexibility index (Phi) is 4.73. The lowest BCUT2D eigenvalue weighted by Crippen LogP contribution is -2.08. The maximum Gasteiger partial charge on any atom is 0.180 e. The molecule has 6 heteroatoms. The molecule has 0 radical (unpaired) electrons. The van der Waals surface area contributed by atoms with Gasteiger partial charge in [-0.3, -0.25) is 4.40 Å². The predicted molar refractivity (Wildman–Crippen MR) is 114 cm³/mol. The van der Waals surface area contributed by atoms with Gasteiger partial charge in [-0.1, -0.05) is 18.2 Å². The van der Waals surface area contributed by atoms with Gasteiger partial charge in [-0.2, -0.15) is 0 Å². The second-order valence-corrected chi connectivity index (χ2v) is 7.29. The van der Waals surface area contributed by atoms with Crippen molar-refractivity contribution in [2.75, 3.05) is 30.6 Å². The highest BCUT2D eigenvalue weighted by atomic mass is 32.2. The Balaban J connectivity index is 1.71. The quantitative estimate of drug-likeness (QED) is 0.501. The summed E-state index contributed by atoms with van der Waals surface area (Å²) in [6.07, 6.45) is 7.72. The molecule has 27 heavy (non-hydrogen) atoms. The maximum atomic E-state index is 4.61. The van der Waals surface area contributed by atoms with E-state index >= 15 is 0 Å². The first-order chi connectivity index (χ1) is 13.2. The van der Waals surface area contributed by atoms with Gasteiger partial charge in [0.05, 0.1) is 11.9 Å². The van der Waals surface area contributed by atoms with Crippen molar-refractivity contribution in [3.8, 4) is 11.3 Å². The monoisotopic (exact) mass is 375 g/mol. The molecule has 0 fully saturated rings. The fourth-order valence-corrected chi connectivity index (χ4v) is 3.39. The van der Waals surface area contributed by atoms with Gasteiger partial charge >= 0.3 is 0 Å². The molecule has 1 N–H and O–H groups in total. The summed E-state index contributed by atoms with van der Waals surface area (Å²) >= 11 is 1.74. The standard InChI is InChI=1S/C21H21N5S/c1-25(2)17-6-4-5-16(13-17)24-20-21-23-14-19(26(21)12-11-22-20)15-7-9-18(27-3)10-8-15/h4-14H,1-3H3,(H,22,24). The van der Waals surface area contributed by atoms with Crippen LogP contribution in [0.5, 0.6) is 0 Å². The van der Waals surface area contributed by atoms with E-state index in [0.29, 0.717) is 0 Å². The third-order valence-corrected chi connectivity index (χ3v) is 5.18. The van der Waals surface area contributed by atoms with E-state index in [1.807, 2.05) is 38.6 Å². The van der Waals surface area contributed by atoms with Crippen LogP contribution in [0, 0.1) is 0 Å². The molecule has 0 bridgehead atoms. The molecule has 2 heterocycles. The molecule has 2 aromatic carbocycles. The molecule has 0 aliphatic heterocycles. The summed E-state index contributed by atoms with van der Waals surface area (Å²) in [4.78, 5) is 12.4. The Labute approximate surface area is 163 Å². The van der Waals surface area contributed by atoms with Gasteiger partial charge in [0, 0.05) is 48.3 Å². The Morgan fingerprint density at radius 1 is 1.04 bits per heavy atom. The van der Waals surface area contributed by atoms with Crippen LogP contribution in [0.15, 0.2) is 72.0 Å². The Hall–Kier alpha value is -2.99. The predicted octanol–water partition coefficient (Wildman–Crippen LogP) is 4.93. The first-order valence-corrected chi connectivity index (χ1v) is 9.89. The van der Waals surface area contributed by atoms with Crippen molar-refractivity contribution in [2.45, 2.75) is 4.90 Å². The number of hydrogen-bond donors (Lipinski definition) is 1. The third kappa shape index (κ3) is 3.48. The fraction of sp³-hybridized carbons (Fsp3) is 0.143. The third-order valence-electron chi connectivity index (χ3n) is 4.44. The van der Waals surface area contributed by atoms with Crippen LogP contribution < -0.4 is 10.2 Å². The van der Waals surface area contributed by atoms with Crippen LogP contribution in [0.4, 0.5) is 17.2 Å². The zero-order valence-corrected chi connectivity index (χ0v) is 16.4. The second kappa shape index (κ2) is 7.32. The Morgan fingerprint density at radius 3 is 2.59 bits per heavy atom. The van der Waals surface area contributed by atoms with Gasteiger partial charge in [0.1, 0.15) is 0 Å². The molecule has 0 unspecified atom stereocenters. The van der Waals surface area contributed by atoms with Crippen LogP contribution >= 0.6 is 11.8 Å². The molecule has 0 aliphatic carbocycles. The molecule has 0 spiro atoms. The number of nitrogens with zero attached hydrogens (tertiary/aromatic N) is 4. The van der Waals surface area contributed by atoms with Crippen molar-refractivity contribution < 1.29 is 0 Å². The van der Waals surface area contributed by atoms with E-state index in [-0.39, 0.29) is 0 Å². The van der Waals surface area contributed by atoms with E-state index in [4.69, 9.17) is 0 Å². The highest BCUT2D eigenvalue weighted by Crippen LogP contribution is 2.27. The minimum Gasteiger partial charge on any atom is -0.378 e. The van der Waals surface area contributed by atoms with Crippen LogP contribution in [-0.2, 0) is 0 Å². The van der Waals surface area contributed by atoms with Crippen molar-refractivity contribution >= 4 is 34.6 Å². The first-order valence-electron chi connectivity index (χ1n) is 8.66. The second-order valence-electron chi connectivity index (χ2n) is 6.41. The van der Waals surface area contributed by atoms with E-state index in [2.05, 4.69) is 67.2 Å². The minimum atomic E-state index is 0.736. The largest absolute Gasteiger partial charge is 0.378 e. The summed E-state index contributed by atoms with van der Waals surface area (Å²) < 4.78 is 2.07. The first kappa shape index (κ1) is 17.4. The van der Waals surface area contributed by atoms with Crippen LogP contribution in [-0.4, -0.2) is 34.7 Å². The molecule has 0 aliphatic rings. The molecule has 5 nitrogen and oxygen atoms in total. The summed E-state index contributed by atoms with van der Waals surface area (Å²) in [6.45, 7) is 0. The van der Waals surface area contributed by atoms with Crippen molar-refractivity contribution in [2.24, 2.45) is 0 Å². The number of nitrogens with one attached hydrogen (secondary N) is 1. The number of thioether (sulfide) groups is 1. The Bertz CT molecular complexity index is 1070. The Morgan fingerprint density at radius 2 is 1.85 bits per heavy atom. The van der Waals surface area contributed by atoms with Crippen LogP contribution in [0.2, 0.25) is 0 Å². The number of fused-ring (bicyclic) bond motifs is 1. The van der Waals surface area contributed by atoms with Gasteiger partial charge in [0.15, 0.2) is 11.5 Å². The molecule has 0 saturated heterocycles. The van der Waals surface area contributed by atoms with Crippen molar-refractivity contribution in [1.29, 1.82) is 0 Å². The number of anilines is 3.